The fourth-order valence-electron chi connectivity index (χ4n) is 2.89. The lowest BCUT2D eigenvalue weighted by atomic mass is 10.1. The largest absolute Gasteiger partial charge is 0.486 e. The first-order valence-corrected chi connectivity index (χ1v) is 10.7. The maximum Gasteiger partial charge on any atom is 0.254 e. The van der Waals surface area contributed by atoms with E-state index in [0.29, 0.717) is 37.8 Å². The molecule has 2 aromatic carbocycles. The molecule has 0 spiro atoms. The van der Waals surface area contributed by atoms with Crippen molar-refractivity contribution in [3.05, 3.63) is 52.5 Å². The molecule has 0 atom stereocenters. The predicted octanol–water partition coefficient (Wildman–Crippen LogP) is 3.18. The van der Waals surface area contributed by atoms with Gasteiger partial charge in [0.25, 0.3) is 5.91 Å². The summed E-state index contributed by atoms with van der Waals surface area (Å²) in [5, 5.41) is 0.0970. The van der Waals surface area contributed by atoms with E-state index in [1.165, 1.54) is 18.2 Å². The Bertz CT molecular complexity index is 974. The molecule has 8 heteroatoms. The van der Waals surface area contributed by atoms with Gasteiger partial charge in [0, 0.05) is 30.5 Å². The monoisotopic (exact) mass is 409 g/mol. The van der Waals surface area contributed by atoms with Gasteiger partial charge in [-0.15, -0.1) is 0 Å². The fourth-order valence-corrected chi connectivity index (χ4v) is 4.20. The Morgan fingerprint density at radius 3 is 2.63 bits per heavy atom. The summed E-state index contributed by atoms with van der Waals surface area (Å²) in [6.07, 6.45) is 1.06. The molecule has 144 valence electrons. The second kappa shape index (κ2) is 7.78. The zero-order valence-corrected chi connectivity index (χ0v) is 16.6. The van der Waals surface area contributed by atoms with E-state index in [4.69, 9.17) is 21.1 Å². The Balaban J connectivity index is 1.90. The number of rotatable bonds is 5. The third kappa shape index (κ3) is 4.20. The van der Waals surface area contributed by atoms with Gasteiger partial charge in [0.05, 0.1) is 9.92 Å². The van der Waals surface area contributed by atoms with Crippen LogP contribution in [0.25, 0.3) is 0 Å². The van der Waals surface area contributed by atoms with E-state index in [1.807, 2.05) is 25.1 Å². The van der Waals surface area contributed by atoms with Crippen LogP contribution in [-0.2, 0) is 16.4 Å². The van der Waals surface area contributed by atoms with Crippen LogP contribution in [0.5, 0.6) is 11.5 Å². The summed E-state index contributed by atoms with van der Waals surface area (Å²) in [4.78, 5) is 14.5. The minimum Gasteiger partial charge on any atom is -0.486 e. The molecule has 6 nitrogen and oxygen atoms in total. The first kappa shape index (κ1) is 19.5. The van der Waals surface area contributed by atoms with Gasteiger partial charge in [-0.05, 0) is 31.2 Å². The molecule has 0 radical (unpaired) electrons. The molecule has 27 heavy (non-hydrogen) atoms. The zero-order valence-electron chi connectivity index (χ0n) is 15.1. The van der Waals surface area contributed by atoms with E-state index in [2.05, 4.69) is 0 Å². The molecule has 0 fully saturated rings. The summed E-state index contributed by atoms with van der Waals surface area (Å²) >= 11 is 5.97. The summed E-state index contributed by atoms with van der Waals surface area (Å²) in [6.45, 7) is 3.57. The normalized spacial score (nSPS) is 13.3. The van der Waals surface area contributed by atoms with Crippen LogP contribution in [0.1, 0.15) is 22.8 Å². The maximum atomic E-state index is 13.0. The van der Waals surface area contributed by atoms with Crippen molar-refractivity contribution in [1.29, 1.82) is 0 Å². The molecule has 0 aliphatic carbocycles. The minimum absolute atomic E-state index is 0.0557. The number of halogens is 1. The Morgan fingerprint density at radius 2 is 1.93 bits per heavy atom. The van der Waals surface area contributed by atoms with Gasteiger partial charge < -0.3 is 14.4 Å². The van der Waals surface area contributed by atoms with Crippen molar-refractivity contribution in [3.63, 3.8) is 0 Å². The Kier molecular flexibility index (Phi) is 5.62. The van der Waals surface area contributed by atoms with E-state index in [0.717, 1.165) is 11.8 Å². The summed E-state index contributed by atoms with van der Waals surface area (Å²) in [7, 11) is -3.53. The van der Waals surface area contributed by atoms with Gasteiger partial charge in [-0.25, -0.2) is 8.42 Å². The van der Waals surface area contributed by atoms with Crippen LogP contribution in [0.4, 0.5) is 0 Å². The van der Waals surface area contributed by atoms with Crippen molar-refractivity contribution in [2.75, 3.05) is 26.0 Å². The number of nitrogens with zero attached hydrogens (tertiary/aromatic N) is 1. The van der Waals surface area contributed by atoms with Crippen LogP contribution in [0.3, 0.4) is 0 Å². The van der Waals surface area contributed by atoms with Gasteiger partial charge in [0.15, 0.2) is 21.3 Å². The summed E-state index contributed by atoms with van der Waals surface area (Å²) in [5.74, 6) is 1.02. The summed E-state index contributed by atoms with van der Waals surface area (Å²) < 4.78 is 35.0. The Morgan fingerprint density at radius 1 is 1.19 bits per heavy atom. The van der Waals surface area contributed by atoms with Crippen molar-refractivity contribution in [2.45, 2.75) is 18.4 Å². The van der Waals surface area contributed by atoms with Crippen LogP contribution in [0.15, 0.2) is 41.3 Å². The molecule has 1 heterocycles. The summed E-state index contributed by atoms with van der Waals surface area (Å²) in [6, 6.07) is 9.84. The van der Waals surface area contributed by atoms with Gasteiger partial charge in [0.2, 0.25) is 0 Å². The lowest BCUT2D eigenvalue weighted by Gasteiger charge is -2.25. The van der Waals surface area contributed by atoms with Gasteiger partial charge in [-0.2, -0.15) is 0 Å². The van der Waals surface area contributed by atoms with Crippen molar-refractivity contribution >= 4 is 27.3 Å². The number of para-hydroxylation sites is 1. The second-order valence-corrected chi connectivity index (χ2v) is 8.57. The maximum absolute atomic E-state index is 13.0. The Labute approximate surface area is 163 Å². The number of carbonyl (C=O) groups is 1. The number of benzene rings is 2. The fraction of sp³-hybridized carbons (Fsp3) is 0.316. The SMILES string of the molecule is CCN(Cc1cccc2c1OCCO2)C(=O)c1ccc(Cl)c(S(C)(=O)=O)c1. The smallest absolute Gasteiger partial charge is 0.254 e. The van der Waals surface area contributed by atoms with Crippen molar-refractivity contribution < 1.29 is 22.7 Å². The highest BCUT2D eigenvalue weighted by Crippen LogP contribution is 2.34. The number of ether oxygens (including phenoxy) is 2. The van der Waals surface area contributed by atoms with Crippen molar-refractivity contribution in [3.8, 4) is 11.5 Å². The molecule has 0 unspecified atom stereocenters. The lowest BCUT2D eigenvalue weighted by molar-refractivity contribution is 0.0749. The summed E-state index contributed by atoms with van der Waals surface area (Å²) in [5.41, 5.74) is 1.10. The van der Waals surface area contributed by atoms with Gasteiger partial charge in [-0.1, -0.05) is 23.7 Å². The molecule has 3 rings (SSSR count). The molecular formula is C19H20ClNO5S. The third-order valence-corrected chi connectivity index (χ3v) is 5.83. The molecule has 0 bridgehead atoms. The van der Waals surface area contributed by atoms with Crippen LogP contribution in [0, 0.1) is 0 Å². The average molecular weight is 410 g/mol. The Hall–Kier alpha value is -2.25. The number of hydrogen-bond donors (Lipinski definition) is 0. The average Bonchev–Trinajstić information content (AvgIpc) is 2.65. The quantitative estimate of drug-likeness (QED) is 0.758. The number of hydrogen-bond acceptors (Lipinski definition) is 5. The molecule has 1 aliphatic rings. The van der Waals surface area contributed by atoms with E-state index in [9.17, 15) is 13.2 Å². The minimum atomic E-state index is -3.53. The topological polar surface area (TPSA) is 72.9 Å². The standard InChI is InChI=1S/C19H20ClNO5S/c1-3-21(12-14-5-4-6-16-18(14)26-10-9-25-16)19(22)13-7-8-15(20)17(11-13)27(2,23)24/h4-8,11H,3,9-10,12H2,1-2H3. The molecular weight excluding hydrogens is 390 g/mol. The van der Waals surface area contributed by atoms with Crippen molar-refractivity contribution in [2.24, 2.45) is 0 Å². The van der Waals surface area contributed by atoms with E-state index >= 15 is 0 Å². The molecule has 1 amide bonds. The van der Waals surface area contributed by atoms with Crippen LogP contribution in [-0.4, -0.2) is 45.2 Å². The van der Waals surface area contributed by atoms with Crippen LogP contribution in [0.2, 0.25) is 5.02 Å². The van der Waals surface area contributed by atoms with Gasteiger partial charge in [-0.3, -0.25) is 4.79 Å². The van der Waals surface area contributed by atoms with Crippen molar-refractivity contribution in [1.82, 2.24) is 4.90 Å². The van der Waals surface area contributed by atoms with Gasteiger partial charge >= 0.3 is 0 Å². The molecule has 0 N–H and O–H groups in total. The molecule has 2 aromatic rings. The zero-order chi connectivity index (χ0) is 19.6. The molecule has 0 aromatic heterocycles. The molecule has 1 aliphatic heterocycles. The number of sulfone groups is 1. The lowest BCUT2D eigenvalue weighted by Crippen LogP contribution is -2.31. The number of amides is 1. The van der Waals surface area contributed by atoms with Crippen LogP contribution >= 0.6 is 11.6 Å². The van der Waals surface area contributed by atoms with E-state index in [-0.39, 0.29) is 21.4 Å². The highest BCUT2D eigenvalue weighted by molar-refractivity contribution is 7.90. The van der Waals surface area contributed by atoms with E-state index in [1.54, 1.807) is 4.90 Å². The predicted molar refractivity (Wildman–Crippen MR) is 102 cm³/mol. The first-order chi connectivity index (χ1) is 12.8. The van der Waals surface area contributed by atoms with Gasteiger partial charge in [0.1, 0.15) is 13.2 Å². The first-order valence-electron chi connectivity index (χ1n) is 8.47. The van der Waals surface area contributed by atoms with Crippen LogP contribution < -0.4 is 9.47 Å². The third-order valence-electron chi connectivity index (χ3n) is 4.26. The second-order valence-electron chi connectivity index (χ2n) is 6.18. The number of carbonyl (C=O) groups excluding carboxylic acids is 1. The van der Waals surface area contributed by atoms with E-state index < -0.39 is 9.84 Å². The molecule has 0 saturated carbocycles. The molecule has 0 saturated heterocycles. The highest BCUT2D eigenvalue weighted by Gasteiger charge is 2.22. The highest BCUT2D eigenvalue weighted by atomic mass is 35.5. The number of fused-ring (bicyclic) bond motifs is 1.